The average molecular weight is 370 g/mol. The number of aromatic nitrogens is 1. The van der Waals surface area contributed by atoms with Gasteiger partial charge in [-0.05, 0) is 18.2 Å². The number of likely N-dealkylation sites (tertiary alicyclic amines) is 1. The Bertz CT molecular complexity index is 984. The highest BCUT2D eigenvalue weighted by Crippen LogP contribution is 2.50. The molecule has 0 bridgehead atoms. The first-order valence-corrected chi connectivity index (χ1v) is 8.47. The number of H-pyrrole nitrogens is 1. The fourth-order valence-electron chi connectivity index (χ4n) is 3.91. The minimum atomic E-state index is -1.25. The van der Waals surface area contributed by atoms with Crippen molar-refractivity contribution in [1.82, 2.24) is 9.88 Å². The van der Waals surface area contributed by atoms with Gasteiger partial charge in [0, 0.05) is 36.8 Å². The molecule has 1 amide bonds. The van der Waals surface area contributed by atoms with Gasteiger partial charge in [-0.3, -0.25) is 14.4 Å². The van der Waals surface area contributed by atoms with E-state index in [9.17, 15) is 19.5 Å². The second kappa shape index (κ2) is 6.15. The molecule has 8 heteroatoms. The Morgan fingerprint density at radius 2 is 2.19 bits per heavy atom. The molecule has 140 valence electrons. The van der Waals surface area contributed by atoms with Gasteiger partial charge >= 0.3 is 5.97 Å². The first-order chi connectivity index (χ1) is 13.0. The number of ether oxygens (including phenoxy) is 2. The number of carbonyl (C=O) groups is 2. The zero-order valence-corrected chi connectivity index (χ0v) is 14.6. The van der Waals surface area contributed by atoms with E-state index in [4.69, 9.17) is 9.47 Å². The number of rotatable bonds is 3. The second-order valence-corrected chi connectivity index (χ2v) is 6.80. The van der Waals surface area contributed by atoms with E-state index >= 15 is 0 Å². The molecule has 8 nitrogen and oxygen atoms in total. The summed E-state index contributed by atoms with van der Waals surface area (Å²) < 4.78 is 10.9. The smallest absolute Gasteiger partial charge is 0.315 e. The molecular weight excluding hydrogens is 352 g/mol. The minimum absolute atomic E-state index is 0.00689. The Kier molecular flexibility index (Phi) is 3.91. The maximum absolute atomic E-state index is 12.8. The second-order valence-electron chi connectivity index (χ2n) is 6.80. The molecule has 0 unspecified atom stereocenters. The number of aromatic amines is 1. The van der Waals surface area contributed by atoms with E-state index in [1.165, 1.54) is 17.2 Å². The highest BCUT2D eigenvalue weighted by atomic mass is 16.5. The minimum Gasteiger partial charge on any atom is -0.497 e. The number of hydrogen-bond acceptors (Lipinski definition) is 5. The molecule has 2 aromatic rings. The zero-order valence-electron chi connectivity index (χ0n) is 14.6. The van der Waals surface area contributed by atoms with Crippen molar-refractivity contribution in [3.05, 3.63) is 58.0 Å². The summed E-state index contributed by atoms with van der Waals surface area (Å²) in [5.74, 6) is -0.772. The predicted molar refractivity (Wildman–Crippen MR) is 94.3 cm³/mol. The number of nitrogens with one attached hydrogen (secondary N) is 1. The van der Waals surface area contributed by atoms with Gasteiger partial charge in [0.2, 0.25) is 0 Å². The van der Waals surface area contributed by atoms with Crippen LogP contribution in [0.4, 0.5) is 0 Å². The predicted octanol–water partition coefficient (Wildman–Crippen LogP) is 1.09. The zero-order chi connectivity index (χ0) is 19.2. The third-order valence-electron chi connectivity index (χ3n) is 5.39. The highest BCUT2D eigenvalue weighted by Gasteiger charge is 2.57. The third-order valence-corrected chi connectivity index (χ3v) is 5.39. The number of hydrogen-bond donors (Lipinski definition) is 2. The van der Waals surface area contributed by atoms with Gasteiger partial charge in [0.05, 0.1) is 7.11 Å². The topological polar surface area (TPSA) is 109 Å². The lowest BCUT2D eigenvalue weighted by molar-refractivity contribution is -0.151. The van der Waals surface area contributed by atoms with Crippen molar-refractivity contribution in [3.8, 4) is 11.5 Å². The quantitative estimate of drug-likeness (QED) is 0.837. The SMILES string of the molecule is COc1ccc2c(c1)OC[C@]1(C(=O)O)CN(C(=O)c3ccc[nH]c3=O)C[C@H]21. The summed E-state index contributed by atoms with van der Waals surface area (Å²) in [7, 11) is 1.54. The number of carbonyl (C=O) groups excluding carboxylic acids is 1. The Labute approximate surface area is 154 Å². The van der Waals surface area contributed by atoms with Crippen molar-refractivity contribution in [3.63, 3.8) is 0 Å². The number of amides is 1. The average Bonchev–Trinajstić information content (AvgIpc) is 3.09. The molecular formula is C19H18N2O6. The van der Waals surface area contributed by atoms with Crippen LogP contribution in [0.3, 0.4) is 0 Å². The Balaban J connectivity index is 1.73. The van der Waals surface area contributed by atoms with Crippen molar-refractivity contribution >= 4 is 11.9 Å². The molecule has 0 radical (unpaired) electrons. The highest BCUT2D eigenvalue weighted by molar-refractivity contribution is 5.95. The number of nitrogens with zero attached hydrogens (tertiary/aromatic N) is 1. The Morgan fingerprint density at radius 3 is 2.89 bits per heavy atom. The van der Waals surface area contributed by atoms with Gasteiger partial charge in [0.25, 0.3) is 11.5 Å². The van der Waals surface area contributed by atoms with Gasteiger partial charge in [0.1, 0.15) is 29.1 Å². The Morgan fingerprint density at radius 1 is 1.37 bits per heavy atom. The lowest BCUT2D eigenvalue weighted by Gasteiger charge is -2.35. The molecule has 2 aliphatic heterocycles. The molecule has 2 aliphatic rings. The largest absolute Gasteiger partial charge is 0.497 e. The molecule has 1 aromatic carbocycles. The maximum Gasteiger partial charge on any atom is 0.315 e. The van der Waals surface area contributed by atoms with Crippen LogP contribution < -0.4 is 15.0 Å². The van der Waals surface area contributed by atoms with Crippen molar-refractivity contribution < 1.29 is 24.2 Å². The maximum atomic E-state index is 12.8. The van der Waals surface area contributed by atoms with Crippen molar-refractivity contribution in [2.24, 2.45) is 5.41 Å². The number of methoxy groups -OCH3 is 1. The van der Waals surface area contributed by atoms with Crippen LogP contribution in [0.2, 0.25) is 0 Å². The van der Waals surface area contributed by atoms with Gasteiger partial charge in [-0.15, -0.1) is 0 Å². The monoisotopic (exact) mass is 370 g/mol. The number of fused-ring (bicyclic) bond motifs is 3. The molecule has 0 saturated carbocycles. The molecule has 2 N–H and O–H groups in total. The van der Waals surface area contributed by atoms with Crippen molar-refractivity contribution in [1.29, 1.82) is 0 Å². The molecule has 4 rings (SSSR count). The van der Waals surface area contributed by atoms with Crippen LogP contribution in [-0.2, 0) is 4.79 Å². The number of aliphatic carboxylic acids is 1. The summed E-state index contributed by atoms with van der Waals surface area (Å²) in [6.07, 6.45) is 1.44. The van der Waals surface area contributed by atoms with E-state index in [0.29, 0.717) is 11.5 Å². The fourth-order valence-corrected chi connectivity index (χ4v) is 3.91. The summed E-state index contributed by atoms with van der Waals surface area (Å²) in [4.78, 5) is 40.8. The van der Waals surface area contributed by atoms with E-state index in [1.807, 2.05) is 0 Å². The third kappa shape index (κ3) is 2.56. The lowest BCUT2D eigenvalue weighted by Crippen LogP contribution is -2.46. The summed E-state index contributed by atoms with van der Waals surface area (Å²) in [6.45, 7) is 0.121. The number of carboxylic acid groups (broad SMARTS) is 1. The summed E-state index contributed by atoms with van der Waals surface area (Å²) in [5, 5.41) is 9.94. The molecule has 0 aliphatic carbocycles. The van der Waals surface area contributed by atoms with E-state index in [2.05, 4.69) is 4.98 Å². The van der Waals surface area contributed by atoms with E-state index in [-0.39, 0.29) is 25.3 Å². The van der Waals surface area contributed by atoms with Crippen LogP contribution in [0.1, 0.15) is 21.8 Å². The first-order valence-electron chi connectivity index (χ1n) is 8.47. The van der Waals surface area contributed by atoms with Crippen LogP contribution >= 0.6 is 0 Å². The summed E-state index contributed by atoms with van der Waals surface area (Å²) >= 11 is 0. The molecule has 1 aromatic heterocycles. The van der Waals surface area contributed by atoms with Gasteiger partial charge in [-0.2, -0.15) is 0 Å². The fraction of sp³-hybridized carbons (Fsp3) is 0.316. The molecule has 1 fully saturated rings. The van der Waals surface area contributed by atoms with Crippen LogP contribution in [0.5, 0.6) is 11.5 Å². The number of benzene rings is 1. The van der Waals surface area contributed by atoms with E-state index < -0.39 is 28.8 Å². The Hall–Kier alpha value is -3.29. The number of pyridine rings is 1. The molecule has 0 spiro atoms. The first kappa shape index (κ1) is 17.1. The van der Waals surface area contributed by atoms with E-state index in [1.54, 1.807) is 31.4 Å². The van der Waals surface area contributed by atoms with Crippen LogP contribution in [0.25, 0.3) is 0 Å². The molecule has 1 saturated heterocycles. The van der Waals surface area contributed by atoms with Crippen molar-refractivity contribution in [2.75, 3.05) is 26.8 Å². The van der Waals surface area contributed by atoms with Gasteiger partial charge < -0.3 is 24.5 Å². The summed E-state index contributed by atoms with van der Waals surface area (Å²) in [5.41, 5.74) is -1.03. The normalized spacial score (nSPS) is 23.1. The number of carboxylic acids is 1. The standard InChI is InChI=1S/C19H18N2O6/c1-26-11-4-5-12-14-8-21(17(23)13-3-2-6-20-16(13)22)9-19(14,18(24)25)10-27-15(12)7-11/h2-7,14H,8-10H2,1H3,(H,20,22)(H,24,25)/t14-,19-/m1/s1. The van der Waals surface area contributed by atoms with Crippen LogP contribution in [0.15, 0.2) is 41.3 Å². The molecule has 2 atom stereocenters. The van der Waals surface area contributed by atoms with Crippen LogP contribution in [-0.4, -0.2) is 53.7 Å². The summed E-state index contributed by atoms with van der Waals surface area (Å²) in [6, 6.07) is 8.24. The van der Waals surface area contributed by atoms with Gasteiger partial charge in [-0.1, -0.05) is 6.07 Å². The van der Waals surface area contributed by atoms with Crippen molar-refractivity contribution in [2.45, 2.75) is 5.92 Å². The lowest BCUT2D eigenvalue weighted by atomic mass is 9.73. The van der Waals surface area contributed by atoms with E-state index in [0.717, 1.165) is 5.56 Å². The molecule has 27 heavy (non-hydrogen) atoms. The van der Waals surface area contributed by atoms with Crippen LogP contribution in [0, 0.1) is 5.41 Å². The molecule has 3 heterocycles. The van der Waals surface area contributed by atoms with Gasteiger partial charge in [-0.25, -0.2) is 0 Å². The van der Waals surface area contributed by atoms with Gasteiger partial charge in [0.15, 0.2) is 0 Å².